The van der Waals surface area contributed by atoms with Crippen LogP contribution < -0.4 is 5.32 Å². The van der Waals surface area contributed by atoms with E-state index in [1.54, 1.807) is 18.3 Å². The summed E-state index contributed by atoms with van der Waals surface area (Å²) in [7, 11) is -3.36. The zero-order valence-electron chi connectivity index (χ0n) is 9.54. The predicted octanol–water partition coefficient (Wildman–Crippen LogP) is 0.486. The lowest BCUT2D eigenvalue weighted by molar-refractivity contribution is 0.310. The van der Waals surface area contributed by atoms with Crippen LogP contribution >= 0.6 is 12.4 Å². The van der Waals surface area contributed by atoms with Crippen LogP contribution in [0.25, 0.3) is 0 Å². The molecule has 0 amide bonds. The summed E-state index contributed by atoms with van der Waals surface area (Å²) in [5.41, 5.74) is 0. The summed E-state index contributed by atoms with van der Waals surface area (Å²) in [4.78, 5) is 4.11. The van der Waals surface area contributed by atoms with Gasteiger partial charge in [0.25, 0.3) is 0 Å². The van der Waals surface area contributed by atoms with Crippen molar-refractivity contribution in [3.63, 3.8) is 0 Å². The molecular formula is C10H16ClN3O2S. The molecule has 1 aromatic heterocycles. The molecule has 1 unspecified atom stereocenters. The van der Waals surface area contributed by atoms with E-state index in [4.69, 9.17) is 0 Å². The van der Waals surface area contributed by atoms with Gasteiger partial charge < -0.3 is 5.32 Å². The van der Waals surface area contributed by atoms with E-state index in [0.717, 1.165) is 0 Å². The summed E-state index contributed by atoms with van der Waals surface area (Å²) in [6.45, 7) is 3.70. The molecule has 2 heterocycles. The Hall–Kier alpha value is -0.690. The lowest BCUT2D eigenvalue weighted by atomic mass is 10.3. The van der Waals surface area contributed by atoms with Gasteiger partial charge in [-0.25, -0.2) is 8.42 Å². The van der Waals surface area contributed by atoms with Crippen LogP contribution in [0.3, 0.4) is 0 Å². The quantitative estimate of drug-likeness (QED) is 0.854. The lowest BCUT2D eigenvalue weighted by Crippen LogP contribution is -2.51. The van der Waals surface area contributed by atoms with Crippen molar-refractivity contribution in [2.75, 3.05) is 19.6 Å². The van der Waals surface area contributed by atoms with Gasteiger partial charge in [0.15, 0.2) is 0 Å². The van der Waals surface area contributed by atoms with Crippen LogP contribution in [0.1, 0.15) is 6.92 Å². The third kappa shape index (κ3) is 3.16. The number of aromatic nitrogens is 1. The highest BCUT2D eigenvalue weighted by Crippen LogP contribution is 2.15. The summed E-state index contributed by atoms with van der Waals surface area (Å²) in [6, 6.07) is 3.41. The lowest BCUT2D eigenvalue weighted by Gasteiger charge is -2.30. The highest BCUT2D eigenvalue weighted by atomic mass is 35.5. The second-order valence-electron chi connectivity index (χ2n) is 3.91. The molecule has 2 rings (SSSR count). The molecule has 17 heavy (non-hydrogen) atoms. The molecule has 1 saturated heterocycles. The van der Waals surface area contributed by atoms with Crippen molar-refractivity contribution in [1.82, 2.24) is 14.6 Å². The Labute approximate surface area is 108 Å². The molecule has 96 valence electrons. The third-order valence-electron chi connectivity index (χ3n) is 2.60. The van der Waals surface area contributed by atoms with Crippen molar-refractivity contribution in [1.29, 1.82) is 0 Å². The van der Waals surface area contributed by atoms with Crippen LogP contribution in [0.4, 0.5) is 0 Å². The minimum Gasteiger partial charge on any atom is -0.312 e. The van der Waals surface area contributed by atoms with Crippen molar-refractivity contribution in [3.05, 3.63) is 24.5 Å². The Morgan fingerprint density at radius 1 is 1.53 bits per heavy atom. The van der Waals surface area contributed by atoms with Crippen LogP contribution in [0.2, 0.25) is 0 Å². The Morgan fingerprint density at radius 2 is 2.29 bits per heavy atom. The van der Waals surface area contributed by atoms with E-state index in [1.165, 1.54) is 10.5 Å². The standard InChI is InChI=1S/C10H15N3O2S.ClH/c1-9-8-13(6-5-12-9)16(14,15)10-3-2-4-11-7-10;/h2-4,7,9,12H,5-6,8H2,1H3;1H. The molecule has 0 bridgehead atoms. The number of nitrogens with zero attached hydrogens (tertiary/aromatic N) is 2. The van der Waals surface area contributed by atoms with Crippen LogP contribution in [-0.2, 0) is 10.0 Å². The fourth-order valence-corrected chi connectivity index (χ4v) is 3.26. The molecule has 0 aliphatic carbocycles. The second-order valence-corrected chi connectivity index (χ2v) is 5.84. The average molecular weight is 278 g/mol. The van der Waals surface area contributed by atoms with Gasteiger partial charge in [0.05, 0.1) is 0 Å². The molecule has 0 aromatic carbocycles. The minimum absolute atomic E-state index is 0. The number of rotatable bonds is 2. The highest BCUT2D eigenvalue weighted by Gasteiger charge is 2.28. The Kier molecular flexibility index (Phi) is 4.88. The first-order valence-electron chi connectivity index (χ1n) is 5.24. The Morgan fingerprint density at radius 3 is 2.88 bits per heavy atom. The Balaban J connectivity index is 0.00000144. The van der Waals surface area contributed by atoms with E-state index in [2.05, 4.69) is 10.3 Å². The summed E-state index contributed by atoms with van der Waals surface area (Å²) < 4.78 is 25.9. The molecule has 1 aromatic rings. The molecule has 1 aliphatic rings. The van der Waals surface area contributed by atoms with Gasteiger partial charge in [-0.1, -0.05) is 0 Å². The average Bonchev–Trinajstić information content (AvgIpc) is 2.30. The minimum atomic E-state index is -3.36. The highest BCUT2D eigenvalue weighted by molar-refractivity contribution is 7.89. The first kappa shape index (κ1) is 14.4. The summed E-state index contributed by atoms with van der Waals surface area (Å²) >= 11 is 0. The molecule has 1 fully saturated rings. The number of nitrogens with one attached hydrogen (secondary N) is 1. The van der Waals surface area contributed by atoms with Gasteiger partial charge in [0.1, 0.15) is 4.90 Å². The van der Waals surface area contributed by atoms with Gasteiger partial charge in [-0.05, 0) is 19.1 Å². The summed E-state index contributed by atoms with van der Waals surface area (Å²) in [5, 5.41) is 3.21. The molecule has 0 radical (unpaired) electrons. The number of halogens is 1. The number of sulfonamides is 1. The van der Waals surface area contributed by atoms with E-state index in [-0.39, 0.29) is 23.3 Å². The number of pyridine rings is 1. The molecule has 1 atom stereocenters. The smallest absolute Gasteiger partial charge is 0.244 e. The van der Waals surface area contributed by atoms with Crippen LogP contribution in [0.5, 0.6) is 0 Å². The van der Waals surface area contributed by atoms with Gasteiger partial charge in [0, 0.05) is 38.1 Å². The van der Waals surface area contributed by atoms with Crippen molar-refractivity contribution in [2.24, 2.45) is 0 Å². The maximum atomic E-state index is 12.2. The van der Waals surface area contributed by atoms with Crippen molar-refractivity contribution in [2.45, 2.75) is 17.9 Å². The molecule has 0 spiro atoms. The van der Waals surface area contributed by atoms with E-state index >= 15 is 0 Å². The van der Waals surface area contributed by atoms with Crippen molar-refractivity contribution < 1.29 is 8.42 Å². The van der Waals surface area contributed by atoms with E-state index in [0.29, 0.717) is 19.6 Å². The molecule has 1 N–H and O–H groups in total. The van der Waals surface area contributed by atoms with E-state index in [9.17, 15) is 8.42 Å². The summed E-state index contributed by atoms with van der Waals surface area (Å²) in [5.74, 6) is 0. The van der Waals surface area contributed by atoms with Gasteiger partial charge in [-0.3, -0.25) is 4.98 Å². The molecule has 0 saturated carbocycles. The number of hydrogen-bond donors (Lipinski definition) is 1. The van der Waals surface area contributed by atoms with E-state index in [1.807, 2.05) is 6.92 Å². The maximum absolute atomic E-state index is 12.2. The Bertz CT molecular complexity index is 452. The van der Waals surface area contributed by atoms with Crippen LogP contribution in [0, 0.1) is 0 Å². The largest absolute Gasteiger partial charge is 0.312 e. The SMILES string of the molecule is CC1CN(S(=O)(=O)c2cccnc2)CCN1.Cl. The zero-order valence-corrected chi connectivity index (χ0v) is 11.2. The van der Waals surface area contributed by atoms with Gasteiger partial charge >= 0.3 is 0 Å². The third-order valence-corrected chi connectivity index (χ3v) is 4.45. The fraction of sp³-hybridized carbons (Fsp3) is 0.500. The molecule has 1 aliphatic heterocycles. The second kappa shape index (κ2) is 5.77. The number of hydrogen-bond acceptors (Lipinski definition) is 4. The van der Waals surface area contributed by atoms with Crippen molar-refractivity contribution in [3.8, 4) is 0 Å². The monoisotopic (exact) mass is 277 g/mol. The van der Waals surface area contributed by atoms with E-state index < -0.39 is 10.0 Å². The first-order chi connectivity index (χ1) is 7.60. The molecule has 5 nitrogen and oxygen atoms in total. The van der Waals surface area contributed by atoms with Gasteiger partial charge in [-0.2, -0.15) is 4.31 Å². The normalized spacial score (nSPS) is 21.8. The van der Waals surface area contributed by atoms with Gasteiger partial charge in [0.2, 0.25) is 10.0 Å². The zero-order chi connectivity index (χ0) is 11.6. The molecular weight excluding hydrogens is 262 g/mol. The molecule has 7 heteroatoms. The maximum Gasteiger partial charge on any atom is 0.244 e. The number of piperazine rings is 1. The van der Waals surface area contributed by atoms with Crippen LogP contribution in [-0.4, -0.2) is 43.4 Å². The van der Waals surface area contributed by atoms with Gasteiger partial charge in [-0.15, -0.1) is 12.4 Å². The predicted molar refractivity (Wildman–Crippen MR) is 67.7 cm³/mol. The summed E-state index contributed by atoms with van der Waals surface area (Å²) in [6.07, 6.45) is 2.96. The van der Waals surface area contributed by atoms with Crippen LogP contribution in [0.15, 0.2) is 29.4 Å². The topological polar surface area (TPSA) is 62.3 Å². The van der Waals surface area contributed by atoms with Crippen molar-refractivity contribution >= 4 is 22.4 Å². The fourth-order valence-electron chi connectivity index (χ4n) is 1.76. The first-order valence-corrected chi connectivity index (χ1v) is 6.68.